The van der Waals surface area contributed by atoms with E-state index in [1.54, 1.807) is 38.4 Å². The zero-order valence-electron chi connectivity index (χ0n) is 19.4. The molecule has 0 radical (unpaired) electrons. The number of halogens is 1. The summed E-state index contributed by atoms with van der Waals surface area (Å²) < 4.78 is 29.7. The third-order valence-corrected chi connectivity index (χ3v) is 9.06. The number of aromatic nitrogens is 2. The van der Waals surface area contributed by atoms with Gasteiger partial charge in [0.1, 0.15) is 5.82 Å². The van der Waals surface area contributed by atoms with Crippen LogP contribution in [0.4, 0.5) is 17.5 Å². The summed E-state index contributed by atoms with van der Waals surface area (Å²) in [5.41, 5.74) is 0.532. The average Bonchev–Trinajstić information content (AvgIpc) is 2.76. The molecule has 3 rings (SSSR count). The van der Waals surface area contributed by atoms with Crippen molar-refractivity contribution in [2.75, 3.05) is 16.9 Å². The second kappa shape index (κ2) is 10.9. The van der Waals surface area contributed by atoms with E-state index in [2.05, 4.69) is 40.3 Å². The van der Waals surface area contributed by atoms with Gasteiger partial charge in [-0.15, -0.1) is 3.77 Å². The molecule has 0 amide bonds. The fourth-order valence-corrected chi connectivity index (χ4v) is 6.17. The van der Waals surface area contributed by atoms with E-state index in [1.807, 2.05) is 49.4 Å². The Morgan fingerprint density at radius 1 is 1.15 bits per heavy atom. The maximum atomic E-state index is 12.5. The van der Waals surface area contributed by atoms with E-state index in [1.165, 1.54) is 0 Å². The third kappa shape index (κ3) is 7.59. The topological polar surface area (TPSA) is 117 Å². The Kier molecular flexibility index (Phi) is 8.45. The molecule has 0 spiro atoms. The summed E-state index contributed by atoms with van der Waals surface area (Å²) in [7, 11) is -4.41. The Bertz CT molecular complexity index is 1260. The van der Waals surface area contributed by atoms with Crippen LogP contribution in [-0.4, -0.2) is 41.4 Å². The van der Waals surface area contributed by atoms with Crippen LogP contribution < -0.4 is 10.6 Å². The summed E-state index contributed by atoms with van der Waals surface area (Å²) in [5.74, 6) is 0.821. The summed E-state index contributed by atoms with van der Waals surface area (Å²) in [6, 6.07) is 16.1. The summed E-state index contributed by atoms with van der Waals surface area (Å²) in [6.07, 6.45) is 3.41. The molecule has 1 heterocycles. The van der Waals surface area contributed by atoms with Crippen molar-refractivity contribution in [1.82, 2.24) is 9.97 Å². The van der Waals surface area contributed by atoms with Crippen molar-refractivity contribution in [2.45, 2.75) is 43.1 Å². The normalized spacial score (nSPS) is 13.9. The molecular formula is C23H28BrN5O3S2. The first-order valence-corrected chi connectivity index (χ1v) is 14.5. The largest absolute Gasteiger partial charge is 0.388 e. The molecule has 2 aromatic carbocycles. The lowest BCUT2D eigenvalue weighted by atomic mass is 10.0. The lowest BCUT2D eigenvalue weighted by Gasteiger charge is -2.27. The van der Waals surface area contributed by atoms with Gasteiger partial charge in [0.15, 0.2) is 0 Å². The predicted molar refractivity (Wildman–Crippen MR) is 142 cm³/mol. The van der Waals surface area contributed by atoms with Gasteiger partial charge in [-0.1, -0.05) is 41.0 Å². The van der Waals surface area contributed by atoms with E-state index in [-0.39, 0.29) is 11.8 Å². The van der Waals surface area contributed by atoms with Crippen molar-refractivity contribution in [3.63, 3.8) is 0 Å². The molecule has 0 bridgehead atoms. The number of sulfonamides is 1. The number of hydrogen-bond acceptors (Lipinski definition) is 7. The second-order valence-corrected chi connectivity index (χ2v) is 12.7. The van der Waals surface area contributed by atoms with Gasteiger partial charge in [0.25, 0.3) is 10.0 Å². The maximum absolute atomic E-state index is 12.5. The van der Waals surface area contributed by atoms with Gasteiger partial charge in [0.2, 0.25) is 5.95 Å². The van der Waals surface area contributed by atoms with E-state index < -0.39 is 26.3 Å². The Labute approximate surface area is 211 Å². The SMILES string of the molecule is C[C@@H](Nc1nc(Nc2ccc([S@](C)=NS(=O)(=O)Cc3ccccc3)cc2)ncc1Br)C(C)(C)O. The van der Waals surface area contributed by atoms with Crippen LogP contribution in [0.25, 0.3) is 0 Å². The zero-order valence-corrected chi connectivity index (χ0v) is 22.6. The Hall–Kier alpha value is -2.34. The van der Waals surface area contributed by atoms with Crippen LogP contribution in [-0.2, 0) is 26.5 Å². The molecule has 0 unspecified atom stereocenters. The highest BCUT2D eigenvalue weighted by atomic mass is 79.9. The van der Waals surface area contributed by atoms with Crippen LogP contribution >= 0.6 is 15.9 Å². The van der Waals surface area contributed by atoms with Gasteiger partial charge < -0.3 is 15.7 Å². The van der Waals surface area contributed by atoms with Gasteiger partial charge in [0, 0.05) is 16.8 Å². The number of nitrogens with zero attached hydrogens (tertiary/aromatic N) is 3. The van der Waals surface area contributed by atoms with E-state index in [4.69, 9.17) is 0 Å². The Balaban J connectivity index is 1.71. The number of hydrogen-bond donors (Lipinski definition) is 3. The van der Waals surface area contributed by atoms with E-state index in [0.29, 0.717) is 21.8 Å². The highest BCUT2D eigenvalue weighted by Gasteiger charge is 2.23. The minimum Gasteiger partial charge on any atom is -0.388 e. The van der Waals surface area contributed by atoms with E-state index in [9.17, 15) is 13.5 Å². The number of rotatable bonds is 9. The fourth-order valence-electron chi connectivity index (χ4n) is 2.80. The molecule has 182 valence electrons. The highest BCUT2D eigenvalue weighted by molar-refractivity contribution is 9.10. The number of anilines is 3. The minimum atomic E-state index is -3.60. The van der Waals surface area contributed by atoms with Crippen LogP contribution in [0.1, 0.15) is 26.3 Å². The monoisotopic (exact) mass is 565 g/mol. The molecule has 0 saturated carbocycles. The van der Waals surface area contributed by atoms with E-state index in [0.717, 1.165) is 10.6 Å². The van der Waals surface area contributed by atoms with Gasteiger partial charge >= 0.3 is 0 Å². The van der Waals surface area contributed by atoms with Crippen LogP contribution in [0.5, 0.6) is 0 Å². The molecule has 3 N–H and O–H groups in total. The molecule has 1 aromatic heterocycles. The van der Waals surface area contributed by atoms with Crippen LogP contribution in [0, 0.1) is 0 Å². The third-order valence-electron chi connectivity index (χ3n) is 5.03. The summed E-state index contributed by atoms with van der Waals surface area (Å²) >= 11 is 3.43. The molecule has 3 aromatic rings. The minimum absolute atomic E-state index is 0.117. The summed E-state index contributed by atoms with van der Waals surface area (Å²) in [5, 5.41) is 16.5. The molecule has 0 aliphatic heterocycles. The Morgan fingerprint density at radius 2 is 1.79 bits per heavy atom. The smallest absolute Gasteiger partial charge is 0.263 e. The molecule has 0 aliphatic rings. The van der Waals surface area contributed by atoms with Crippen LogP contribution in [0.3, 0.4) is 0 Å². The number of aliphatic hydroxyl groups is 1. The van der Waals surface area contributed by atoms with Gasteiger partial charge in [-0.2, -0.15) is 4.98 Å². The Morgan fingerprint density at radius 3 is 2.41 bits per heavy atom. The quantitative estimate of drug-likeness (QED) is 0.338. The molecule has 2 atom stereocenters. The van der Waals surface area contributed by atoms with Crippen molar-refractivity contribution < 1.29 is 13.5 Å². The maximum Gasteiger partial charge on any atom is 0.263 e. The lowest BCUT2D eigenvalue weighted by molar-refractivity contribution is 0.0647. The summed E-state index contributed by atoms with van der Waals surface area (Å²) in [6.45, 7) is 5.32. The fraction of sp³-hybridized carbons (Fsp3) is 0.304. The predicted octanol–water partition coefficient (Wildman–Crippen LogP) is 4.87. The molecule has 0 saturated heterocycles. The first-order valence-electron chi connectivity index (χ1n) is 10.5. The van der Waals surface area contributed by atoms with Crippen LogP contribution in [0.15, 0.2) is 73.9 Å². The highest BCUT2D eigenvalue weighted by Crippen LogP contribution is 2.25. The standard InChI is InChI=1S/C23H28BrN5O3S2/c1-16(23(2,3)30)26-21-20(24)14-25-22(28-21)27-18-10-12-19(13-11-18)33(4)29-34(31,32)15-17-8-6-5-7-9-17/h5-14,16,30H,15H2,1-4H3,(H2,25,26,27,28)/t16-,33+/m1/s1. The molecule has 11 heteroatoms. The number of benzene rings is 2. The van der Waals surface area contributed by atoms with Crippen molar-refractivity contribution >= 4 is 54.1 Å². The zero-order chi connectivity index (χ0) is 24.9. The van der Waals surface area contributed by atoms with Crippen molar-refractivity contribution in [1.29, 1.82) is 0 Å². The van der Waals surface area contributed by atoms with E-state index >= 15 is 0 Å². The average molecular weight is 567 g/mol. The van der Waals surface area contributed by atoms with Crippen molar-refractivity contribution in [3.05, 3.63) is 70.8 Å². The lowest BCUT2D eigenvalue weighted by Crippen LogP contribution is -2.39. The van der Waals surface area contributed by atoms with Crippen molar-refractivity contribution in [3.8, 4) is 0 Å². The molecule has 8 nitrogen and oxygen atoms in total. The van der Waals surface area contributed by atoms with Crippen LogP contribution in [0.2, 0.25) is 0 Å². The molecule has 34 heavy (non-hydrogen) atoms. The van der Waals surface area contributed by atoms with Gasteiger partial charge in [-0.25, -0.2) is 13.4 Å². The summed E-state index contributed by atoms with van der Waals surface area (Å²) in [4.78, 5) is 9.57. The number of nitrogens with one attached hydrogen (secondary N) is 2. The van der Waals surface area contributed by atoms with Gasteiger partial charge in [-0.05, 0) is 72.8 Å². The second-order valence-electron chi connectivity index (χ2n) is 8.32. The first kappa shape index (κ1) is 26.3. The van der Waals surface area contributed by atoms with Gasteiger partial charge in [-0.3, -0.25) is 0 Å². The molecule has 0 aliphatic carbocycles. The molecule has 0 fully saturated rings. The van der Waals surface area contributed by atoms with Gasteiger partial charge in [0.05, 0.1) is 21.9 Å². The first-order chi connectivity index (χ1) is 15.9. The molecular weight excluding hydrogens is 538 g/mol. The van der Waals surface area contributed by atoms with Crippen molar-refractivity contribution in [2.24, 2.45) is 3.77 Å².